The van der Waals surface area contributed by atoms with Crippen LogP contribution in [0.4, 0.5) is 8.78 Å². The van der Waals surface area contributed by atoms with Crippen LogP contribution in [0.15, 0.2) is 29.2 Å². The van der Waals surface area contributed by atoms with E-state index < -0.39 is 40.0 Å². The fourth-order valence-corrected chi connectivity index (χ4v) is 4.73. The maximum atomic E-state index is 13.9. The molecule has 0 unspecified atom stereocenters. The Morgan fingerprint density at radius 3 is 2.67 bits per heavy atom. The monoisotopic (exact) mass is 460 g/mol. The molecule has 0 bridgehead atoms. The molecular formula is C24H26F2N2O5. The van der Waals surface area contributed by atoms with E-state index in [-0.39, 0.29) is 41.6 Å². The lowest BCUT2D eigenvalue weighted by atomic mass is 9.99. The number of ether oxygens (including phenoxy) is 1. The summed E-state index contributed by atoms with van der Waals surface area (Å²) in [6.45, 7) is 4.52. The summed E-state index contributed by atoms with van der Waals surface area (Å²) < 4.78 is 33.9. The van der Waals surface area contributed by atoms with Crippen LogP contribution in [0, 0.1) is 17.6 Å². The number of pyridine rings is 1. The molecule has 1 aliphatic carbocycles. The standard InChI is InChI=1S/C24H26F2N2O5/c1-13(2)27-12-24(9-15(24)11-33-3)28-10-17(21(30)22(31)20(28)23(27)32)19(29)7-5-14-4-6-16(25)8-18(14)26/h4,6,8,10,13,15,31H,5,7,9,11-12H2,1-3H3/t15-,24+/m0/s1. The van der Waals surface area contributed by atoms with Gasteiger partial charge in [-0.1, -0.05) is 6.07 Å². The number of amides is 1. The summed E-state index contributed by atoms with van der Waals surface area (Å²) >= 11 is 0. The van der Waals surface area contributed by atoms with Crippen LogP contribution in [0.25, 0.3) is 0 Å². The molecule has 2 aliphatic rings. The minimum atomic E-state index is -0.927. The van der Waals surface area contributed by atoms with E-state index >= 15 is 0 Å². The molecular weight excluding hydrogens is 434 g/mol. The Labute approximate surface area is 189 Å². The van der Waals surface area contributed by atoms with Gasteiger partial charge >= 0.3 is 0 Å². The van der Waals surface area contributed by atoms with Crippen molar-refractivity contribution >= 4 is 11.7 Å². The first-order valence-corrected chi connectivity index (χ1v) is 10.9. The molecule has 1 fully saturated rings. The number of rotatable bonds is 7. The van der Waals surface area contributed by atoms with Gasteiger partial charge in [0.05, 0.1) is 17.7 Å². The van der Waals surface area contributed by atoms with Gasteiger partial charge in [0.25, 0.3) is 5.91 Å². The lowest BCUT2D eigenvalue weighted by Crippen LogP contribution is -2.52. The summed E-state index contributed by atoms with van der Waals surface area (Å²) in [5.74, 6) is -3.26. The lowest BCUT2D eigenvalue weighted by Gasteiger charge is -2.39. The molecule has 2 atom stereocenters. The van der Waals surface area contributed by atoms with Gasteiger partial charge in [-0.05, 0) is 38.3 Å². The van der Waals surface area contributed by atoms with Gasteiger partial charge in [0.1, 0.15) is 11.6 Å². The van der Waals surface area contributed by atoms with E-state index in [2.05, 4.69) is 0 Å². The third kappa shape index (κ3) is 3.84. The zero-order valence-electron chi connectivity index (χ0n) is 18.7. The highest BCUT2D eigenvalue weighted by atomic mass is 19.1. The van der Waals surface area contributed by atoms with Crippen molar-refractivity contribution in [1.29, 1.82) is 0 Å². The number of fused-ring (bicyclic) bond motifs is 2. The number of carbonyl (C=O) groups excluding carboxylic acids is 2. The second-order valence-electron chi connectivity index (χ2n) is 9.08. The fraction of sp³-hybridized carbons (Fsp3) is 0.458. The number of hydrogen-bond acceptors (Lipinski definition) is 5. The van der Waals surface area contributed by atoms with Crippen molar-refractivity contribution in [3.63, 3.8) is 0 Å². The number of hydrogen-bond donors (Lipinski definition) is 1. The van der Waals surface area contributed by atoms with Crippen molar-refractivity contribution in [2.45, 2.75) is 44.7 Å². The van der Waals surface area contributed by atoms with E-state index in [1.54, 1.807) is 16.6 Å². The van der Waals surface area contributed by atoms with E-state index in [1.165, 1.54) is 12.3 Å². The Balaban J connectivity index is 1.72. The maximum Gasteiger partial charge on any atom is 0.274 e. The number of nitrogens with zero attached hydrogens (tertiary/aromatic N) is 2. The summed E-state index contributed by atoms with van der Waals surface area (Å²) in [5, 5.41) is 10.7. The van der Waals surface area contributed by atoms with Crippen LogP contribution in [-0.4, -0.2) is 52.6 Å². The Kier molecular flexibility index (Phi) is 5.86. The van der Waals surface area contributed by atoms with Crippen molar-refractivity contribution in [2.24, 2.45) is 5.92 Å². The Bertz CT molecular complexity index is 1190. The van der Waals surface area contributed by atoms with Gasteiger partial charge in [0, 0.05) is 44.3 Å². The van der Waals surface area contributed by atoms with Crippen LogP contribution in [-0.2, 0) is 16.7 Å². The molecule has 0 radical (unpaired) electrons. The zero-order valence-corrected chi connectivity index (χ0v) is 18.7. The number of halogens is 2. The van der Waals surface area contributed by atoms with Crippen LogP contribution in [0.2, 0.25) is 0 Å². The SMILES string of the molecule is COC[C@@H]1C[C@@]12CN(C(C)C)C(=O)c1c(O)c(=O)c(C(=O)CCc3ccc(F)cc3F)cn12. The maximum absolute atomic E-state index is 13.9. The minimum Gasteiger partial charge on any atom is -0.503 e. The Morgan fingerprint density at radius 1 is 1.30 bits per heavy atom. The predicted octanol–water partition coefficient (Wildman–Crippen LogP) is 2.87. The molecule has 1 N–H and O–H groups in total. The van der Waals surface area contributed by atoms with Crippen LogP contribution in [0.1, 0.15) is 53.1 Å². The molecule has 2 heterocycles. The topological polar surface area (TPSA) is 88.8 Å². The van der Waals surface area contributed by atoms with Gasteiger partial charge in [-0.2, -0.15) is 0 Å². The van der Waals surface area contributed by atoms with Crippen molar-refractivity contribution in [3.05, 3.63) is 63.1 Å². The van der Waals surface area contributed by atoms with Crippen LogP contribution in [0.3, 0.4) is 0 Å². The van der Waals surface area contributed by atoms with Gasteiger partial charge in [-0.3, -0.25) is 14.4 Å². The Hall–Kier alpha value is -3.07. The first kappa shape index (κ1) is 23.1. The number of benzene rings is 1. The van der Waals surface area contributed by atoms with Gasteiger partial charge in [-0.25, -0.2) is 8.78 Å². The molecule has 4 rings (SSSR count). The molecule has 7 nitrogen and oxygen atoms in total. The normalized spacial score (nSPS) is 21.6. The van der Waals surface area contributed by atoms with E-state index in [0.29, 0.717) is 19.6 Å². The lowest BCUT2D eigenvalue weighted by molar-refractivity contribution is 0.0543. The number of ketones is 1. The third-order valence-electron chi connectivity index (χ3n) is 6.70. The first-order chi connectivity index (χ1) is 15.6. The second kappa shape index (κ2) is 8.37. The smallest absolute Gasteiger partial charge is 0.274 e. The minimum absolute atomic E-state index is 0.0373. The highest BCUT2D eigenvalue weighted by molar-refractivity contribution is 6.00. The predicted molar refractivity (Wildman–Crippen MR) is 116 cm³/mol. The second-order valence-corrected chi connectivity index (χ2v) is 9.08. The van der Waals surface area contributed by atoms with Crippen LogP contribution in [0.5, 0.6) is 5.75 Å². The number of aryl methyl sites for hydroxylation is 1. The highest BCUT2D eigenvalue weighted by Gasteiger charge is 2.60. The molecule has 1 aromatic heterocycles. The molecule has 33 heavy (non-hydrogen) atoms. The van der Waals surface area contributed by atoms with Crippen molar-refractivity contribution in [2.75, 3.05) is 20.3 Å². The Morgan fingerprint density at radius 2 is 2.03 bits per heavy atom. The number of carbonyl (C=O) groups is 2. The summed E-state index contributed by atoms with van der Waals surface area (Å²) in [5.41, 5.74) is -1.74. The molecule has 1 aromatic carbocycles. The van der Waals surface area contributed by atoms with Gasteiger partial charge < -0.3 is 19.3 Å². The number of aromatic hydroxyl groups is 1. The largest absolute Gasteiger partial charge is 0.503 e. The van der Waals surface area contributed by atoms with E-state index in [9.17, 15) is 28.3 Å². The van der Waals surface area contributed by atoms with Crippen LogP contribution < -0.4 is 5.43 Å². The van der Waals surface area contributed by atoms with Crippen molar-refractivity contribution in [3.8, 4) is 5.75 Å². The van der Waals surface area contributed by atoms with Crippen LogP contribution >= 0.6 is 0 Å². The molecule has 1 amide bonds. The van der Waals surface area contributed by atoms with E-state index in [4.69, 9.17) is 4.74 Å². The summed E-state index contributed by atoms with van der Waals surface area (Å²) in [7, 11) is 1.58. The zero-order chi connectivity index (χ0) is 24.1. The molecule has 1 spiro atoms. The molecule has 176 valence electrons. The first-order valence-electron chi connectivity index (χ1n) is 10.9. The summed E-state index contributed by atoms with van der Waals surface area (Å²) in [4.78, 5) is 40.5. The molecule has 0 saturated heterocycles. The van der Waals surface area contributed by atoms with Crippen molar-refractivity contribution < 1.29 is 28.2 Å². The molecule has 1 saturated carbocycles. The van der Waals surface area contributed by atoms with Gasteiger partial charge in [-0.15, -0.1) is 0 Å². The molecule has 9 heteroatoms. The average molecular weight is 460 g/mol. The summed E-state index contributed by atoms with van der Waals surface area (Å²) in [6, 6.07) is 2.94. The number of methoxy groups -OCH3 is 1. The molecule has 1 aliphatic heterocycles. The fourth-order valence-electron chi connectivity index (χ4n) is 4.73. The highest BCUT2D eigenvalue weighted by Crippen LogP contribution is 2.54. The van der Waals surface area contributed by atoms with Gasteiger partial charge in [0.15, 0.2) is 17.2 Å². The average Bonchev–Trinajstić information content (AvgIpc) is 3.44. The van der Waals surface area contributed by atoms with E-state index in [0.717, 1.165) is 12.1 Å². The van der Waals surface area contributed by atoms with E-state index in [1.807, 2.05) is 13.8 Å². The molecule has 2 aromatic rings. The van der Waals surface area contributed by atoms with Gasteiger partial charge in [0.2, 0.25) is 5.43 Å². The third-order valence-corrected chi connectivity index (χ3v) is 6.70. The summed E-state index contributed by atoms with van der Waals surface area (Å²) in [6.07, 6.45) is 1.77. The quantitative estimate of drug-likeness (QED) is 0.642. The number of aromatic nitrogens is 1. The van der Waals surface area contributed by atoms with Crippen molar-refractivity contribution in [1.82, 2.24) is 9.47 Å². The number of Topliss-reactive ketones (excluding diaryl/α,β-unsaturated/α-hetero) is 1.